The van der Waals surface area contributed by atoms with Crippen molar-refractivity contribution in [2.75, 3.05) is 18.2 Å². The molecule has 3 aromatic rings. The van der Waals surface area contributed by atoms with E-state index in [2.05, 4.69) is 34.3 Å². The van der Waals surface area contributed by atoms with Gasteiger partial charge in [0.15, 0.2) is 0 Å². The molecule has 142 valence electrons. The summed E-state index contributed by atoms with van der Waals surface area (Å²) in [6.45, 7) is 0. The zero-order valence-electron chi connectivity index (χ0n) is 15.5. The highest BCUT2D eigenvalue weighted by atomic mass is 32.2. The van der Waals surface area contributed by atoms with Crippen molar-refractivity contribution >= 4 is 29.3 Å². The number of benzene rings is 3. The van der Waals surface area contributed by atoms with Crippen LogP contribution < -0.4 is 5.32 Å². The third-order valence-electron chi connectivity index (χ3n) is 4.18. The number of carbonyl (C=O) groups excluding carboxylic acids is 2. The summed E-state index contributed by atoms with van der Waals surface area (Å²) in [5.41, 5.74) is 3.42. The number of thioether (sulfide) groups is 1. The van der Waals surface area contributed by atoms with Gasteiger partial charge in [0.2, 0.25) is 5.91 Å². The molecule has 0 aliphatic carbocycles. The molecule has 0 saturated carbocycles. The van der Waals surface area contributed by atoms with Gasteiger partial charge in [-0.15, -0.1) is 11.8 Å². The van der Waals surface area contributed by atoms with E-state index < -0.39 is 5.97 Å². The molecule has 4 nitrogen and oxygen atoms in total. The van der Waals surface area contributed by atoms with Crippen molar-refractivity contribution < 1.29 is 14.3 Å². The van der Waals surface area contributed by atoms with Gasteiger partial charge in [0.1, 0.15) is 0 Å². The topological polar surface area (TPSA) is 55.4 Å². The van der Waals surface area contributed by atoms with Crippen LogP contribution in [0.2, 0.25) is 0 Å². The van der Waals surface area contributed by atoms with Gasteiger partial charge < -0.3 is 10.1 Å². The number of esters is 1. The number of anilines is 1. The maximum Gasteiger partial charge on any atom is 0.337 e. The molecule has 3 aromatic carbocycles. The Balaban J connectivity index is 1.65. The smallest absolute Gasteiger partial charge is 0.337 e. The summed E-state index contributed by atoms with van der Waals surface area (Å²) in [6.07, 6.45) is 0. The van der Waals surface area contributed by atoms with Crippen LogP contribution in [0.1, 0.15) is 26.7 Å². The van der Waals surface area contributed by atoms with Crippen molar-refractivity contribution in [2.24, 2.45) is 0 Å². The van der Waals surface area contributed by atoms with Crippen molar-refractivity contribution in [3.05, 3.63) is 102 Å². The SMILES string of the molecule is COC(=O)c1ccc(NC(=O)CSC(c2ccccc2)c2ccccc2)cc1. The monoisotopic (exact) mass is 391 g/mol. The van der Waals surface area contributed by atoms with Crippen LogP contribution in [0.15, 0.2) is 84.9 Å². The first kappa shape index (κ1) is 19.7. The Labute approximate surface area is 168 Å². The molecule has 1 N–H and O–H groups in total. The third-order valence-corrected chi connectivity index (χ3v) is 5.48. The minimum atomic E-state index is -0.401. The van der Waals surface area contributed by atoms with Crippen molar-refractivity contribution in [3.8, 4) is 0 Å². The summed E-state index contributed by atoms with van der Waals surface area (Å²) in [6, 6.07) is 27.0. The normalized spacial score (nSPS) is 10.5. The lowest BCUT2D eigenvalue weighted by molar-refractivity contribution is -0.113. The first-order chi connectivity index (χ1) is 13.7. The van der Waals surface area contributed by atoms with Crippen LogP contribution in [0.25, 0.3) is 0 Å². The van der Waals surface area contributed by atoms with Gasteiger partial charge in [-0.1, -0.05) is 60.7 Å². The number of hydrogen-bond acceptors (Lipinski definition) is 4. The lowest BCUT2D eigenvalue weighted by Crippen LogP contribution is -2.15. The maximum absolute atomic E-state index is 12.4. The second-order valence-corrected chi connectivity index (χ2v) is 7.22. The molecule has 3 rings (SSSR count). The van der Waals surface area contributed by atoms with E-state index in [0.29, 0.717) is 17.0 Å². The molecule has 0 unspecified atom stereocenters. The number of carbonyl (C=O) groups is 2. The summed E-state index contributed by atoms with van der Waals surface area (Å²) < 4.78 is 4.68. The van der Waals surface area contributed by atoms with Gasteiger partial charge in [-0.2, -0.15) is 0 Å². The lowest BCUT2D eigenvalue weighted by Gasteiger charge is -2.17. The van der Waals surface area contributed by atoms with Crippen molar-refractivity contribution in [1.29, 1.82) is 0 Å². The van der Waals surface area contributed by atoms with E-state index >= 15 is 0 Å². The Morgan fingerprint density at radius 2 is 1.39 bits per heavy atom. The number of hydrogen-bond donors (Lipinski definition) is 1. The Morgan fingerprint density at radius 1 is 0.857 bits per heavy atom. The zero-order valence-corrected chi connectivity index (χ0v) is 16.3. The summed E-state index contributed by atoms with van der Waals surface area (Å²) >= 11 is 1.58. The standard InChI is InChI=1S/C23H21NO3S/c1-27-23(26)19-12-14-20(15-13-19)24-21(25)16-28-22(17-8-4-2-5-9-17)18-10-6-3-7-11-18/h2-15,22H,16H2,1H3,(H,24,25). The molecule has 0 aliphatic heterocycles. The van der Waals surface area contributed by atoms with Gasteiger partial charge in [0.05, 0.1) is 23.7 Å². The average Bonchev–Trinajstić information content (AvgIpc) is 2.75. The largest absolute Gasteiger partial charge is 0.465 e. The molecule has 0 aliphatic rings. The first-order valence-corrected chi connectivity index (χ1v) is 9.92. The molecule has 0 atom stereocenters. The molecule has 0 saturated heterocycles. The minimum Gasteiger partial charge on any atom is -0.465 e. The van der Waals surface area contributed by atoms with E-state index in [1.807, 2.05) is 36.4 Å². The van der Waals surface area contributed by atoms with E-state index in [1.165, 1.54) is 7.11 Å². The molecule has 0 radical (unpaired) electrons. The molecule has 0 fully saturated rings. The summed E-state index contributed by atoms with van der Waals surface area (Å²) in [4.78, 5) is 23.9. The predicted molar refractivity (Wildman–Crippen MR) is 114 cm³/mol. The number of amides is 1. The van der Waals surface area contributed by atoms with Crippen LogP contribution in [0.5, 0.6) is 0 Å². The highest BCUT2D eigenvalue weighted by Crippen LogP contribution is 2.35. The van der Waals surface area contributed by atoms with Crippen LogP contribution in [-0.4, -0.2) is 24.7 Å². The van der Waals surface area contributed by atoms with Gasteiger partial charge in [-0.05, 0) is 35.4 Å². The number of methoxy groups -OCH3 is 1. The van der Waals surface area contributed by atoms with E-state index in [1.54, 1.807) is 36.0 Å². The molecule has 0 bridgehead atoms. The zero-order chi connectivity index (χ0) is 19.8. The molecule has 5 heteroatoms. The quantitative estimate of drug-likeness (QED) is 0.580. The second-order valence-electron chi connectivity index (χ2n) is 6.13. The molecular formula is C23H21NO3S. The van der Waals surface area contributed by atoms with Gasteiger partial charge in [-0.3, -0.25) is 4.79 Å². The second kappa shape index (κ2) is 9.76. The van der Waals surface area contributed by atoms with Gasteiger partial charge in [0, 0.05) is 5.69 Å². The highest BCUT2D eigenvalue weighted by Gasteiger charge is 2.16. The lowest BCUT2D eigenvalue weighted by atomic mass is 10.0. The Kier molecular flexibility index (Phi) is 6.87. The summed E-state index contributed by atoms with van der Waals surface area (Å²) in [5, 5.41) is 2.95. The molecule has 28 heavy (non-hydrogen) atoms. The van der Waals surface area contributed by atoms with Crippen LogP contribution in [0, 0.1) is 0 Å². The number of ether oxygens (including phenoxy) is 1. The fourth-order valence-corrected chi connectivity index (χ4v) is 3.89. The van der Waals surface area contributed by atoms with Gasteiger partial charge in [-0.25, -0.2) is 4.79 Å². The first-order valence-electron chi connectivity index (χ1n) is 8.87. The Hall–Kier alpha value is -3.05. The number of rotatable bonds is 7. The Morgan fingerprint density at radius 3 is 1.89 bits per heavy atom. The van der Waals surface area contributed by atoms with Crippen LogP contribution in [0.3, 0.4) is 0 Å². The average molecular weight is 391 g/mol. The molecular weight excluding hydrogens is 370 g/mol. The van der Waals surface area contributed by atoms with E-state index in [9.17, 15) is 9.59 Å². The van der Waals surface area contributed by atoms with E-state index in [-0.39, 0.29) is 11.2 Å². The maximum atomic E-state index is 12.4. The van der Waals surface area contributed by atoms with Crippen molar-refractivity contribution in [1.82, 2.24) is 0 Å². The van der Waals surface area contributed by atoms with Gasteiger partial charge >= 0.3 is 5.97 Å². The highest BCUT2D eigenvalue weighted by molar-refractivity contribution is 8.00. The molecule has 0 spiro atoms. The number of nitrogens with one attached hydrogen (secondary N) is 1. The van der Waals surface area contributed by atoms with Crippen LogP contribution in [0.4, 0.5) is 5.69 Å². The van der Waals surface area contributed by atoms with E-state index in [0.717, 1.165) is 11.1 Å². The van der Waals surface area contributed by atoms with Crippen molar-refractivity contribution in [2.45, 2.75) is 5.25 Å². The minimum absolute atomic E-state index is 0.0786. The summed E-state index contributed by atoms with van der Waals surface area (Å²) in [5.74, 6) is -0.178. The van der Waals surface area contributed by atoms with E-state index in [4.69, 9.17) is 0 Å². The Bertz CT molecular complexity index is 872. The fourth-order valence-electron chi connectivity index (χ4n) is 2.80. The third kappa shape index (κ3) is 5.24. The predicted octanol–water partition coefficient (Wildman–Crippen LogP) is 4.93. The van der Waals surface area contributed by atoms with Crippen LogP contribution >= 0.6 is 11.8 Å². The van der Waals surface area contributed by atoms with Crippen molar-refractivity contribution in [3.63, 3.8) is 0 Å². The molecule has 0 heterocycles. The molecule has 0 aromatic heterocycles. The van der Waals surface area contributed by atoms with Crippen LogP contribution in [-0.2, 0) is 9.53 Å². The summed E-state index contributed by atoms with van der Waals surface area (Å²) in [7, 11) is 1.34. The van der Waals surface area contributed by atoms with Gasteiger partial charge in [0.25, 0.3) is 0 Å². The fraction of sp³-hybridized carbons (Fsp3) is 0.130. The molecule has 1 amide bonds.